The van der Waals surface area contributed by atoms with Gasteiger partial charge in [-0.1, -0.05) is 0 Å². The first-order valence-corrected chi connectivity index (χ1v) is 8.32. The van der Waals surface area contributed by atoms with E-state index in [4.69, 9.17) is 19.3 Å². The van der Waals surface area contributed by atoms with Crippen molar-refractivity contribution in [3.05, 3.63) is 48.0 Å². The summed E-state index contributed by atoms with van der Waals surface area (Å²) in [5.74, 6) is -0.859. The number of carbonyl (C=O) groups excluding carboxylic acids is 1. The van der Waals surface area contributed by atoms with Gasteiger partial charge in [-0.05, 0) is 49.4 Å². The summed E-state index contributed by atoms with van der Waals surface area (Å²) in [6.45, 7) is 0.799. The van der Waals surface area contributed by atoms with E-state index in [1.807, 2.05) is 0 Å². The zero-order valence-electron chi connectivity index (χ0n) is 15.0. The van der Waals surface area contributed by atoms with Crippen LogP contribution >= 0.6 is 0 Å². The molecule has 0 aliphatic heterocycles. The van der Waals surface area contributed by atoms with Gasteiger partial charge in [0.25, 0.3) is 12.3 Å². The number of benzene rings is 2. The van der Waals surface area contributed by atoms with Gasteiger partial charge in [-0.2, -0.15) is 0 Å². The number of anilines is 1. The van der Waals surface area contributed by atoms with Crippen molar-refractivity contribution >= 4 is 17.6 Å². The SMILES string of the molecule is CCOc1cc(C(=O)Nc2ccc(OCC(F)F)cc2)ccc1OCC(=O)O. The van der Waals surface area contributed by atoms with E-state index in [0.29, 0.717) is 12.3 Å². The van der Waals surface area contributed by atoms with Crippen LogP contribution in [0.2, 0.25) is 0 Å². The van der Waals surface area contributed by atoms with Crippen molar-refractivity contribution in [2.45, 2.75) is 13.3 Å². The Hall–Kier alpha value is -3.36. The van der Waals surface area contributed by atoms with Crippen LogP contribution in [0.3, 0.4) is 0 Å². The van der Waals surface area contributed by atoms with Crippen molar-refractivity contribution in [1.29, 1.82) is 0 Å². The third-order valence-corrected chi connectivity index (χ3v) is 3.35. The molecule has 0 saturated heterocycles. The summed E-state index contributed by atoms with van der Waals surface area (Å²) in [7, 11) is 0. The fraction of sp³-hybridized carbons (Fsp3) is 0.263. The van der Waals surface area contributed by atoms with Crippen LogP contribution in [0.15, 0.2) is 42.5 Å². The summed E-state index contributed by atoms with van der Waals surface area (Å²) >= 11 is 0. The molecule has 0 bridgehead atoms. The van der Waals surface area contributed by atoms with Crippen molar-refractivity contribution in [3.8, 4) is 17.2 Å². The third kappa shape index (κ3) is 6.42. The van der Waals surface area contributed by atoms with Gasteiger partial charge in [-0.3, -0.25) is 4.79 Å². The van der Waals surface area contributed by atoms with Crippen LogP contribution in [0.25, 0.3) is 0 Å². The molecule has 7 nitrogen and oxygen atoms in total. The molecule has 1 amide bonds. The monoisotopic (exact) mass is 395 g/mol. The van der Waals surface area contributed by atoms with Crippen LogP contribution in [-0.2, 0) is 4.79 Å². The molecule has 0 unspecified atom stereocenters. The van der Waals surface area contributed by atoms with Crippen molar-refractivity contribution in [3.63, 3.8) is 0 Å². The van der Waals surface area contributed by atoms with E-state index in [1.165, 1.54) is 42.5 Å². The number of carboxylic acids is 1. The third-order valence-electron chi connectivity index (χ3n) is 3.35. The van der Waals surface area contributed by atoms with Crippen LogP contribution in [0.5, 0.6) is 17.2 Å². The molecule has 28 heavy (non-hydrogen) atoms. The summed E-state index contributed by atoms with van der Waals surface area (Å²) in [4.78, 5) is 23.1. The summed E-state index contributed by atoms with van der Waals surface area (Å²) in [5, 5.41) is 11.4. The average Bonchev–Trinajstić information content (AvgIpc) is 2.66. The second-order valence-electron chi connectivity index (χ2n) is 5.46. The van der Waals surface area contributed by atoms with Crippen LogP contribution in [0.1, 0.15) is 17.3 Å². The second kappa shape index (κ2) is 10.1. The van der Waals surface area contributed by atoms with Crippen molar-refractivity contribution in [2.75, 3.05) is 25.1 Å². The molecule has 0 heterocycles. The highest BCUT2D eigenvalue weighted by atomic mass is 19.3. The molecule has 150 valence electrons. The highest BCUT2D eigenvalue weighted by molar-refractivity contribution is 6.04. The first kappa shape index (κ1) is 20.9. The van der Waals surface area contributed by atoms with E-state index < -0.39 is 31.5 Å². The zero-order chi connectivity index (χ0) is 20.5. The Bertz CT molecular complexity index is 811. The first-order valence-electron chi connectivity index (χ1n) is 8.32. The van der Waals surface area contributed by atoms with Crippen LogP contribution in [0, 0.1) is 0 Å². The van der Waals surface area contributed by atoms with Crippen molar-refractivity contribution in [1.82, 2.24) is 0 Å². The van der Waals surface area contributed by atoms with Gasteiger partial charge in [0.05, 0.1) is 6.61 Å². The molecule has 2 N–H and O–H groups in total. The molecular weight excluding hydrogens is 376 g/mol. The number of halogens is 2. The van der Waals surface area contributed by atoms with Gasteiger partial charge in [-0.15, -0.1) is 0 Å². The average molecular weight is 395 g/mol. The Balaban J connectivity index is 2.06. The lowest BCUT2D eigenvalue weighted by Gasteiger charge is -2.13. The van der Waals surface area contributed by atoms with Crippen LogP contribution < -0.4 is 19.5 Å². The standard InChI is InChI=1S/C19H19F2NO6/c1-2-26-16-9-12(3-8-15(16)28-11-18(23)24)19(25)22-13-4-6-14(7-5-13)27-10-17(20)21/h3-9,17H,2,10-11H2,1H3,(H,22,25)(H,23,24). The fourth-order valence-corrected chi connectivity index (χ4v) is 2.17. The lowest BCUT2D eigenvalue weighted by molar-refractivity contribution is -0.139. The minimum absolute atomic E-state index is 0.210. The van der Waals surface area contributed by atoms with E-state index in [1.54, 1.807) is 6.92 Å². The Labute approximate surface area is 159 Å². The smallest absolute Gasteiger partial charge is 0.341 e. The minimum Gasteiger partial charge on any atom is -0.490 e. The van der Waals surface area contributed by atoms with E-state index in [2.05, 4.69) is 5.32 Å². The number of alkyl halides is 2. The first-order chi connectivity index (χ1) is 13.4. The molecule has 2 aromatic carbocycles. The van der Waals surface area contributed by atoms with E-state index in [0.717, 1.165) is 0 Å². The van der Waals surface area contributed by atoms with Crippen LogP contribution in [0.4, 0.5) is 14.5 Å². The summed E-state index contributed by atoms with van der Waals surface area (Å²) in [6, 6.07) is 10.3. The van der Waals surface area contributed by atoms with Crippen molar-refractivity contribution in [2.24, 2.45) is 0 Å². The van der Waals surface area contributed by atoms with E-state index >= 15 is 0 Å². The maximum atomic E-state index is 12.4. The number of hydrogen-bond donors (Lipinski definition) is 2. The van der Waals surface area contributed by atoms with Gasteiger partial charge >= 0.3 is 5.97 Å². The van der Waals surface area contributed by atoms with Crippen LogP contribution in [-0.4, -0.2) is 43.2 Å². The summed E-state index contributed by atoms with van der Waals surface area (Å²) in [6.07, 6.45) is -2.57. The normalized spacial score (nSPS) is 10.4. The maximum Gasteiger partial charge on any atom is 0.341 e. The molecule has 2 rings (SSSR count). The molecule has 0 radical (unpaired) electrons. The number of aliphatic carboxylic acids is 1. The molecule has 0 aliphatic rings. The summed E-state index contributed by atoms with van der Waals surface area (Å²) in [5.41, 5.74) is 0.711. The molecule has 2 aromatic rings. The quantitative estimate of drug-likeness (QED) is 0.640. The molecule has 0 saturated carbocycles. The number of carboxylic acid groups (broad SMARTS) is 1. The topological polar surface area (TPSA) is 94.1 Å². The maximum absolute atomic E-state index is 12.4. The van der Waals surface area contributed by atoms with Crippen molar-refractivity contribution < 1.29 is 37.7 Å². The molecule has 0 spiro atoms. The van der Waals surface area contributed by atoms with E-state index in [9.17, 15) is 18.4 Å². The number of rotatable bonds is 10. The number of amides is 1. The molecular formula is C19H19F2NO6. The second-order valence-corrected chi connectivity index (χ2v) is 5.46. The van der Waals surface area contributed by atoms with Gasteiger partial charge < -0.3 is 24.6 Å². The lowest BCUT2D eigenvalue weighted by Crippen LogP contribution is -2.13. The lowest BCUT2D eigenvalue weighted by atomic mass is 10.1. The van der Waals surface area contributed by atoms with E-state index in [-0.39, 0.29) is 22.8 Å². The Morgan fingerprint density at radius 1 is 1.04 bits per heavy atom. The largest absolute Gasteiger partial charge is 0.490 e. The van der Waals surface area contributed by atoms with Gasteiger partial charge in [0, 0.05) is 11.3 Å². The molecule has 0 atom stereocenters. The Morgan fingerprint density at radius 3 is 2.36 bits per heavy atom. The zero-order valence-corrected chi connectivity index (χ0v) is 15.0. The predicted molar refractivity (Wildman–Crippen MR) is 96.6 cm³/mol. The molecule has 0 aromatic heterocycles. The number of carbonyl (C=O) groups is 2. The highest BCUT2D eigenvalue weighted by Gasteiger charge is 2.13. The van der Waals surface area contributed by atoms with Gasteiger partial charge in [0.1, 0.15) is 12.4 Å². The minimum atomic E-state index is -2.57. The molecule has 0 aliphatic carbocycles. The number of hydrogen-bond acceptors (Lipinski definition) is 5. The van der Waals surface area contributed by atoms with Gasteiger partial charge in [-0.25, -0.2) is 13.6 Å². The summed E-state index contributed by atoms with van der Waals surface area (Å²) < 4.78 is 39.7. The Morgan fingerprint density at radius 2 is 1.75 bits per heavy atom. The fourth-order valence-electron chi connectivity index (χ4n) is 2.17. The number of ether oxygens (including phenoxy) is 3. The highest BCUT2D eigenvalue weighted by Crippen LogP contribution is 2.29. The number of nitrogens with one attached hydrogen (secondary N) is 1. The molecule has 0 fully saturated rings. The predicted octanol–water partition coefficient (Wildman–Crippen LogP) is 3.44. The Kier molecular flexibility index (Phi) is 7.55. The van der Waals surface area contributed by atoms with Gasteiger partial charge in [0.2, 0.25) is 0 Å². The van der Waals surface area contributed by atoms with Gasteiger partial charge in [0.15, 0.2) is 18.1 Å². The molecule has 9 heteroatoms.